The van der Waals surface area contributed by atoms with Crippen molar-refractivity contribution in [1.29, 1.82) is 0 Å². The molecule has 0 atom stereocenters. The summed E-state index contributed by atoms with van der Waals surface area (Å²) in [5.74, 6) is 0.0967. The fourth-order valence-corrected chi connectivity index (χ4v) is 4.08. The van der Waals surface area contributed by atoms with E-state index in [-0.39, 0.29) is 5.91 Å². The monoisotopic (exact) mass is 378 g/mol. The lowest BCUT2D eigenvalue weighted by Crippen LogP contribution is -2.47. The summed E-state index contributed by atoms with van der Waals surface area (Å²) in [6.07, 6.45) is 3.09. The maximum atomic E-state index is 12.3. The van der Waals surface area contributed by atoms with Crippen LogP contribution < -0.4 is 15.1 Å². The van der Waals surface area contributed by atoms with E-state index in [0.717, 1.165) is 51.5 Å². The summed E-state index contributed by atoms with van der Waals surface area (Å²) in [5, 5.41) is 3.04. The number of carbonyl (C=O) groups excluding carboxylic acids is 1. The minimum Gasteiger partial charge on any atom is -0.372 e. The number of hydrogen-bond donors (Lipinski definition) is 1. The summed E-state index contributed by atoms with van der Waals surface area (Å²) in [4.78, 5) is 19.5. The molecule has 0 saturated carbocycles. The van der Waals surface area contributed by atoms with E-state index in [1.807, 2.05) is 12.1 Å². The van der Waals surface area contributed by atoms with Gasteiger partial charge in [-0.15, -0.1) is 0 Å². The largest absolute Gasteiger partial charge is 0.372 e. The van der Waals surface area contributed by atoms with E-state index in [1.54, 1.807) is 0 Å². The van der Waals surface area contributed by atoms with E-state index in [9.17, 15) is 4.79 Å². The maximum absolute atomic E-state index is 12.3. The highest BCUT2D eigenvalue weighted by Crippen LogP contribution is 2.22. The van der Waals surface area contributed by atoms with Gasteiger partial charge < -0.3 is 15.1 Å². The molecule has 0 unspecified atom stereocenters. The van der Waals surface area contributed by atoms with Crippen molar-refractivity contribution in [1.82, 2.24) is 4.90 Å². The fourth-order valence-electron chi connectivity index (χ4n) is 4.08. The van der Waals surface area contributed by atoms with Gasteiger partial charge in [0.05, 0.1) is 0 Å². The van der Waals surface area contributed by atoms with E-state index in [2.05, 4.69) is 62.5 Å². The molecule has 0 aromatic heterocycles. The molecule has 1 amide bonds. The molecule has 2 saturated heterocycles. The zero-order chi connectivity index (χ0) is 19.2. The first-order valence-electron chi connectivity index (χ1n) is 10.5. The van der Waals surface area contributed by atoms with Crippen molar-refractivity contribution in [2.75, 3.05) is 60.9 Å². The number of anilines is 3. The van der Waals surface area contributed by atoms with Crippen LogP contribution in [-0.4, -0.2) is 56.6 Å². The van der Waals surface area contributed by atoms with Crippen LogP contribution in [0.25, 0.3) is 0 Å². The van der Waals surface area contributed by atoms with Crippen LogP contribution >= 0.6 is 0 Å². The van der Waals surface area contributed by atoms with Crippen LogP contribution in [0, 0.1) is 0 Å². The second kappa shape index (κ2) is 9.11. The summed E-state index contributed by atoms with van der Waals surface area (Å²) in [6, 6.07) is 18.8. The van der Waals surface area contributed by atoms with Crippen molar-refractivity contribution in [3.8, 4) is 0 Å². The number of nitrogens with one attached hydrogen (secondary N) is 1. The summed E-state index contributed by atoms with van der Waals surface area (Å²) >= 11 is 0. The SMILES string of the molecule is O=C(CCN1CCN(c2ccccc2)CC1)Nc1ccc(N2CCCC2)cc1. The topological polar surface area (TPSA) is 38.8 Å². The van der Waals surface area contributed by atoms with Crippen molar-refractivity contribution in [3.63, 3.8) is 0 Å². The Labute approximate surface area is 167 Å². The molecule has 2 aliphatic heterocycles. The predicted molar refractivity (Wildman–Crippen MR) is 116 cm³/mol. The van der Waals surface area contributed by atoms with Crippen molar-refractivity contribution >= 4 is 23.0 Å². The lowest BCUT2D eigenvalue weighted by molar-refractivity contribution is -0.116. The Morgan fingerprint density at radius 3 is 2.04 bits per heavy atom. The Balaban J connectivity index is 1.19. The number of hydrogen-bond acceptors (Lipinski definition) is 4. The third kappa shape index (κ3) is 4.84. The number of rotatable bonds is 6. The van der Waals surface area contributed by atoms with Crippen molar-refractivity contribution < 1.29 is 4.79 Å². The van der Waals surface area contributed by atoms with Gasteiger partial charge in [0, 0.05) is 69.3 Å². The van der Waals surface area contributed by atoms with Crippen LogP contribution in [0.15, 0.2) is 54.6 Å². The van der Waals surface area contributed by atoms with Gasteiger partial charge in [0.2, 0.25) is 5.91 Å². The number of amides is 1. The van der Waals surface area contributed by atoms with Gasteiger partial charge in [-0.25, -0.2) is 0 Å². The Hall–Kier alpha value is -2.53. The van der Waals surface area contributed by atoms with Crippen molar-refractivity contribution in [2.24, 2.45) is 0 Å². The Morgan fingerprint density at radius 1 is 0.750 bits per heavy atom. The molecule has 28 heavy (non-hydrogen) atoms. The van der Waals surface area contributed by atoms with Gasteiger partial charge in [0.15, 0.2) is 0 Å². The first kappa shape index (κ1) is 18.8. The summed E-state index contributed by atoms with van der Waals surface area (Å²) in [7, 11) is 0. The van der Waals surface area contributed by atoms with Crippen LogP contribution in [0.4, 0.5) is 17.1 Å². The predicted octanol–water partition coefficient (Wildman–Crippen LogP) is 3.44. The van der Waals surface area contributed by atoms with Crippen LogP contribution in [0.1, 0.15) is 19.3 Å². The van der Waals surface area contributed by atoms with Gasteiger partial charge >= 0.3 is 0 Å². The van der Waals surface area contributed by atoms with Crippen molar-refractivity contribution in [3.05, 3.63) is 54.6 Å². The first-order chi connectivity index (χ1) is 13.8. The van der Waals surface area contributed by atoms with Gasteiger partial charge in [-0.1, -0.05) is 18.2 Å². The molecule has 2 fully saturated rings. The number of piperazine rings is 1. The molecular formula is C23H30N4O. The molecular weight excluding hydrogens is 348 g/mol. The maximum Gasteiger partial charge on any atom is 0.225 e. The molecule has 4 rings (SSSR count). The van der Waals surface area contributed by atoms with Gasteiger partial charge in [-0.2, -0.15) is 0 Å². The van der Waals surface area contributed by atoms with E-state index in [0.29, 0.717) is 6.42 Å². The molecule has 2 heterocycles. The average molecular weight is 379 g/mol. The summed E-state index contributed by atoms with van der Waals surface area (Å²) < 4.78 is 0. The molecule has 2 aromatic carbocycles. The van der Waals surface area contributed by atoms with Crippen LogP contribution in [0.5, 0.6) is 0 Å². The molecule has 0 radical (unpaired) electrons. The molecule has 1 N–H and O–H groups in total. The van der Waals surface area contributed by atoms with E-state index in [4.69, 9.17) is 0 Å². The molecule has 2 aromatic rings. The standard InChI is InChI=1S/C23H30N4O/c28-23(24-20-8-10-22(11-9-20)26-13-4-5-14-26)12-15-25-16-18-27(19-17-25)21-6-2-1-3-7-21/h1-3,6-11H,4-5,12-19H2,(H,24,28). The van der Waals surface area contributed by atoms with Gasteiger partial charge in [-0.3, -0.25) is 9.69 Å². The summed E-state index contributed by atoms with van der Waals surface area (Å²) in [5.41, 5.74) is 3.44. The highest BCUT2D eigenvalue weighted by molar-refractivity contribution is 5.91. The fraction of sp³-hybridized carbons (Fsp3) is 0.435. The summed E-state index contributed by atoms with van der Waals surface area (Å²) in [6.45, 7) is 7.15. The Bertz CT molecular complexity index is 748. The lowest BCUT2D eigenvalue weighted by Gasteiger charge is -2.36. The highest BCUT2D eigenvalue weighted by atomic mass is 16.1. The van der Waals surface area contributed by atoms with E-state index >= 15 is 0 Å². The third-order valence-electron chi connectivity index (χ3n) is 5.77. The number of para-hydroxylation sites is 1. The zero-order valence-electron chi connectivity index (χ0n) is 16.5. The van der Waals surface area contributed by atoms with Crippen molar-refractivity contribution in [2.45, 2.75) is 19.3 Å². The first-order valence-corrected chi connectivity index (χ1v) is 10.5. The molecule has 5 nitrogen and oxygen atoms in total. The second-order valence-corrected chi connectivity index (χ2v) is 7.70. The molecule has 0 aliphatic carbocycles. The third-order valence-corrected chi connectivity index (χ3v) is 5.77. The van der Waals surface area contributed by atoms with Gasteiger partial charge in [-0.05, 0) is 49.2 Å². The van der Waals surface area contributed by atoms with E-state index < -0.39 is 0 Å². The average Bonchev–Trinajstić information content (AvgIpc) is 3.29. The van der Waals surface area contributed by atoms with Crippen LogP contribution in [0.3, 0.4) is 0 Å². The number of benzene rings is 2. The molecule has 148 valence electrons. The normalized spacial score (nSPS) is 17.7. The molecule has 5 heteroatoms. The lowest BCUT2D eigenvalue weighted by atomic mass is 10.2. The Morgan fingerprint density at radius 2 is 1.36 bits per heavy atom. The zero-order valence-corrected chi connectivity index (χ0v) is 16.5. The quantitative estimate of drug-likeness (QED) is 0.836. The second-order valence-electron chi connectivity index (χ2n) is 7.70. The number of carbonyl (C=O) groups is 1. The van der Waals surface area contributed by atoms with Crippen LogP contribution in [-0.2, 0) is 4.79 Å². The molecule has 0 bridgehead atoms. The minimum absolute atomic E-state index is 0.0967. The van der Waals surface area contributed by atoms with Gasteiger partial charge in [0.25, 0.3) is 0 Å². The molecule has 0 spiro atoms. The smallest absolute Gasteiger partial charge is 0.225 e. The highest BCUT2D eigenvalue weighted by Gasteiger charge is 2.18. The van der Waals surface area contributed by atoms with E-state index in [1.165, 1.54) is 24.2 Å². The number of nitrogens with zero attached hydrogens (tertiary/aromatic N) is 3. The Kier molecular flexibility index (Phi) is 6.12. The minimum atomic E-state index is 0.0967. The van der Waals surface area contributed by atoms with Crippen LogP contribution in [0.2, 0.25) is 0 Å². The molecule has 2 aliphatic rings. The van der Waals surface area contributed by atoms with Gasteiger partial charge in [0.1, 0.15) is 0 Å².